The minimum absolute atomic E-state index is 0.0354. The standard InChI is InChI=1S/C34H30ClN3O7S/c1-20(31(39)36-24-13-15-28(35)27(18-24)34(42)43)46-26-11-7-10-23(17-26)37-33(41)29(38-32(40)21-8-5-4-6-9-21)16-22-12-14-25(44-2)19-30(22)45-3/h4-20H,1-3H3,(H,36,39)(H,37,41)(H,38,40)(H,42,43)/b29-16+. The van der Waals surface area contributed by atoms with Crippen molar-refractivity contribution in [2.45, 2.75) is 17.1 Å². The van der Waals surface area contributed by atoms with E-state index in [1.165, 1.54) is 50.3 Å². The molecule has 46 heavy (non-hydrogen) atoms. The van der Waals surface area contributed by atoms with Crippen LogP contribution in [-0.2, 0) is 9.59 Å². The number of hydrogen-bond donors (Lipinski definition) is 4. The minimum Gasteiger partial charge on any atom is -0.497 e. The van der Waals surface area contributed by atoms with E-state index in [0.717, 1.165) is 0 Å². The smallest absolute Gasteiger partial charge is 0.337 e. The lowest BCUT2D eigenvalue weighted by Crippen LogP contribution is -2.30. The van der Waals surface area contributed by atoms with Gasteiger partial charge in [0.1, 0.15) is 17.2 Å². The van der Waals surface area contributed by atoms with Crippen molar-refractivity contribution in [1.29, 1.82) is 0 Å². The molecule has 0 saturated carbocycles. The number of thioether (sulfide) groups is 1. The normalized spacial score (nSPS) is 11.6. The second-order valence-electron chi connectivity index (χ2n) is 9.72. The third-order valence-electron chi connectivity index (χ3n) is 6.51. The summed E-state index contributed by atoms with van der Waals surface area (Å²) < 4.78 is 10.7. The van der Waals surface area contributed by atoms with Crippen LogP contribution in [0.4, 0.5) is 11.4 Å². The summed E-state index contributed by atoms with van der Waals surface area (Å²) in [5, 5.41) is 17.0. The third-order valence-corrected chi connectivity index (χ3v) is 7.93. The van der Waals surface area contributed by atoms with Crippen LogP contribution in [0, 0.1) is 0 Å². The highest BCUT2D eigenvalue weighted by molar-refractivity contribution is 8.00. The number of anilines is 2. The van der Waals surface area contributed by atoms with E-state index in [-0.39, 0.29) is 22.2 Å². The first-order chi connectivity index (χ1) is 22.1. The predicted octanol–water partition coefficient (Wildman–Crippen LogP) is 6.58. The molecule has 4 aromatic carbocycles. The molecule has 0 radical (unpaired) electrons. The molecule has 0 fully saturated rings. The summed E-state index contributed by atoms with van der Waals surface area (Å²) in [6.07, 6.45) is 1.51. The lowest BCUT2D eigenvalue weighted by molar-refractivity contribution is -0.115. The molecule has 4 rings (SSSR count). The Morgan fingerprint density at radius 1 is 0.848 bits per heavy atom. The molecule has 1 atom stereocenters. The van der Waals surface area contributed by atoms with Crippen LogP contribution in [0.1, 0.15) is 33.2 Å². The van der Waals surface area contributed by atoms with E-state index < -0.39 is 23.0 Å². The fourth-order valence-corrected chi connectivity index (χ4v) is 5.27. The number of methoxy groups -OCH3 is 2. The van der Waals surface area contributed by atoms with Crippen molar-refractivity contribution in [1.82, 2.24) is 5.32 Å². The first-order valence-corrected chi connectivity index (χ1v) is 15.1. The number of nitrogens with one attached hydrogen (secondary N) is 3. The lowest BCUT2D eigenvalue weighted by atomic mass is 10.1. The van der Waals surface area contributed by atoms with Gasteiger partial charge in [0.25, 0.3) is 11.8 Å². The van der Waals surface area contributed by atoms with E-state index in [4.69, 9.17) is 21.1 Å². The van der Waals surface area contributed by atoms with Gasteiger partial charge in [-0.15, -0.1) is 11.8 Å². The summed E-state index contributed by atoms with van der Waals surface area (Å²) in [5.74, 6) is -1.64. The van der Waals surface area contributed by atoms with Crippen LogP contribution in [0.25, 0.3) is 6.08 Å². The molecule has 3 amide bonds. The topological polar surface area (TPSA) is 143 Å². The van der Waals surface area contributed by atoms with Gasteiger partial charge in [0, 0.05) is 33.5 Å². The number of halogens is 1. The first kappa shape index (κ1) is 33.6. The molecular weight excluding hydrogens is 630 g/mol. The fraction of sp³-hybridized carbons (Fsp3) is 0.118. The molecule has 4 N–H and O–H groups in total. The highest BCUT2D eigenvalue weighted by atomic mass is 35.5. The van der Waals surface area contributed by atoms with Gasteiger partial charge < -0.3 is 30.5 Å². The molecule has 12 heteroatoms. The molecule has 0 spiro atoms. The van der Waals surface area contributed by atoms with E-state index in [9.17, 15) is 24.3 Å². The predicted molar refractivity (Wildman–Crippen MR) is 179 cm³/mol. The fourth-order valence-electron chi connectivity index (χ4n) is 4.15. The Morgan fingerprint density at radius 2 is 1.59 bits per heavy atom. The molecule has 4 aromatic rings. The van der Waals surface area contributed by atoms with Crippen LogP contribution in [-0.4, -0.2) is 48.3 Å². The van der Waals surface area contributed by atoms with Gasteiger partial charge in [-0.1, -0.05) is 35.9 Å². The summed E-state index contributed by atoms with van der Waals surface area (Å²) in [4.78, 5) is 51.5. The molecule has 1 unspecified atom stereocenters. The molecule has 0 aromatic heterocycles. The van der Waals surface area contributed by atoms with Crippen molar-refractivity contribution in [3.8, 4) is 11.5 Å². The largest absolute Gasteiger partial charge is 0.497 e. The monoisotopic (exact) mass is 659 g/mol. The van der Waals surface area contributed by atoms with Gasteiger partial charge in [-0.25, -0.2) is 4.79 Å². The molecule has 0 bridgehead atoms. The number of ether oxygens (including phenoxy) is 2. The maximum Gasteiger partial charge on any atom is 0.337 e. The quantitative estimate of drug-likeness (QED) is 0.0986. The van der Waals surface area contributed by atoms with Crippen LogP contribution in [0.5, 0.6) is 11.5 Å². The Hall–Kier alpha value is -5.26. The van der Waals surface area contributed by atoms with E-state index in [1.54, 1.807) is 79.7 Å². The number of carboxylic acids is 1. The van der Waals surface area contributed by atoms with E-state index in [1.807, 2.05) is 0 Å². The highest BCUT2D eigenvalue weighted by Crippen LogP contribution is 2.29. The number of rotatable bonds is 12. The number of benzene rings is 4. The average molecular weight is 660 g/mol. The highest BCUT2D eigenvalue weighted by Gasteiger charge is 2.19. The van der Waals surface area contributed by atoms with Gasteiger partial charge in [0.05, 0.1) is 30.1 Å². The second kappa shape index (κ2) is 15.6. The number of carbonyl (C=O) groups is 4. The second-order valence-corrected chi connectivity index (χ2v) is 11.5. The van der Waals surface area contributed by atoms with Crippen molar-refractivity contribution in [3.05, 3.63) is 118 Å². The Kier molecular flexibility index (Phi) is 11.4. The summed E-state index contributed by atoms with van der Waals surface area (Å²) in [6.45, 7) is 1.70. The van der Waals surface area contributed by atoms with Gasteiger partial charge >= 0.3 is 5.97 Å². The van der Waals surface area contributed by atoms with E-state index in [2.05, 4.69) is 16.0 Å². The number of carbonyl (C=O) groups excluding carboxylic acids is 3. The van der Waals surface area contributed by atoms with Crippen molar-refractivity contribution < 1.29 is 33.8 Å². The van der Waals surface area contributed by atoms with Crippen molar-refractivity contribution in [2.75, 3.05) is 24.9 Å². The maximum atomic E-state index is 13.6. The average Bonchev–Trinajstić information content (AvgIpc) is 3.05. The summed E-state index contributed by atoms with van der Waals surface area (Å²) in [5.41, 5.74) is 1.46. The van der Waals surface area contributed by atoms with E-state index >= 15 is 0 Å². The van der Waals surface area contributed by atoms with E-state index in [0.29, 0.717) is 38.9 Å². The molecular formula is C34H30ClN3O7S. The Morgan fingerprint density at radius 3 is 2.28 bits per heavy atom. The molecule has 0 heterocycles. The zero-order valence-corrected chi connectivity index (χ0v) is 26.6. The summed E-state index contributed by atoms with van der Waals surface area (Å²) in [7, 11) is 3.01. The summed E-state index contributed by atoms with van der Waals surface area (Å²) >= 11 is 7.16. The molecule has 0 saturated heterocycles. The number of carboxylic acid groups (broad SMARTS) is 1. The Bertz CT molecular complexity index is 1800. The first-order valence-electron chi connectivity index (χ1n) is 13.8. The van der Waals surface area contributed by atoms with Gasteiger partial charge in [-0.2, -0.15) is 0 Å². The SMILES string of the molecule is COc1ccc(/C=C(/NC(=O)c2ccccc2)C(=O)Nc2cccc(SC(C)C(=O)Nc3ccc(Cl)c(C(=O)O)c3)c2)c(OC)c1. The van der Waals surface area contributed by atoms with Gasteiger partial charge in [-0.05, 0) is 73.7 Å². The Labute approximate surface area is 274 Å². The zero-order valence-electron chi connectivity index (χ0n) is 25.0. The van der Waals surface area contributed by atoms with Crippen LogP contribution in [0.2, 0.25) is 5.02 Å². The minimum atomic E-state index is -1.21. The van der Waals surface area contributed by atoms with Crippen LogP contribution < -0.4 is 25.4 Å². The van der Waals surface area contributed by atoms with Gasteiger partial charge in [-0.3, -0.25) is 14.4 Å². The molecule has 236 valence electrons. The number of hydrogen-bond acceptors (Lipinski definition) is 7. The van der Waals surface area contributed by atoms with Crippen molar-refractivity contribution in [3.63, 3.8) is 0 Å². The van der Waals surface area contributed by atoms with Crippen LogP contribution in [0.3, 0.4) is 0 Å². The molecule has 10 nitrogen and oxygen atoms in total. The summed E-state index contributed by atoms with van der Waals surface area (Å²) in [6, 6.07) is 24.7. The lowest BCUT2D eigenvalue weighted by Gasteiger charge is -2.15. The van der Waals surface area contributed by atoms with Crippen molar-refractivity contribution >= 4 is 64.5 Å². The van der Waals surface area contributed by atoms with Crippen LogP contribution in [0.15, 0.2) is 102 Å². The van der Waals surface area contributed by atoms with Crippen molar-refractivity contribution in [2.24, 2.45) is 0 Å². The molecule has 0 aliphatic heterocycles. The molecule has 0 aliphatic rings. The maximum absolute atomic E-state index is 13.6. The molecule has 0 aliphatic carbocycles. The van der Waals surface area contributed by atoms with Gasteiger partial charge in [0.15, 0.2) is 0 Å². The van der Waals surface area contributed by atoms with Crippen LogP contribution >= 0.6 is 23.4 Å². The zero-order chi connectivity index (χ0) is 33.2. The van der Waals surface area contributed by atoms with Gasteiger partial charge in [0.2, 0.25) is 5.91 Å². The number of aromatic carboxylic acids is 1. The third kappa shape index (κ3) is 8.90. The Balaban J connectivity index is 1.52. The number of amides is 3.